The molecule has 2 aliphatic rings. The van der Waals surface area contributed by atoms with Crippen LogP contribution in [0.25, 0.3) is 10.2 Å². The normalized spacial score (nSPS) is 20.1. The third-order valence-electron chi connectivity index (χ3n) is 5.34. The molecule has 3 heterocycles. The Morgan fingerprint density at radius 2 is 1.97 bits per heavy atom. The molecule has 0 bridgehead atoms. The lowest BCUT2D eigenvalue weighted by Gasteiger charge is -2.32. The lowest BCUT2D eigenvalue weighted by atomic mass is 9.97. The van der Waals surface area contributed by atoms with Crippen LogP contribution < -0.4 is 0 Å². The summed E-state index contributed by atoms with van der Waals surface area (Å²) in [5, 5.41) is 0.761. The Hall–Kier alpha value is -2.78. The molecule has 0 saturated carbocycles. The Labute approximate surface area is 178 Å². The van der Waals surface area contributed by atoms with E-state index in [1.165, 1.54) is 11.3 Å². The minimum Gasteiger partial charge on any atom is -0.458 e. The number of benzene rings is 2. The third-order valence-corrected chi connectivity index (χ3v) is 7.68. The van der Waals surface area contributed by atoms with Crippen molar-refractivity contribution in [2.45, 2.75) is 24.3 Å². The number of aromatic nitrogens is 1. The van der Waals surface area contributed by atoms with Gasteiger partial charge in [0.25, 0.3) is 10.0 Å². The number of rotatable bonds is 3. The maximum Gasteiger partial charge on any atom is 0.311 e. The first kappa shape index (κ1) is 19.2. The molecule has 1 saturated heterocycles. The minimum absolute atomic E-state index is 0.146. The Bertz CT molecular complexity index is 1230. The number of sulfonamides is 1. The second-order valence-electron chi connectivity index (χ2n) is 7.35. The molecule has 0 radical (unpaired) electrons. The van der Waals surface area contributed by atoms with Crippen molar-refractivity contribution < 1.29 is 17.9 Å². The first-order valence-corrected chi connectivity index (χ1v) is 12.0. The summed E-state index contributed by atoms with van der Waals surface area (Å²) in [6.07, 6.45) is 1.47. The summed E-state index contributed by atoms with van der Waals surface area (Å²) in [6.45, 7) is 1.19. The van der Waals surface area contributed by atoms with E-state index in [9.17, 15) is 13.2 Å². The molecule has 5 rings (SSSR count). The smallest absolute Gasteiger partial charge is 0.311 e. The van der Waals surface area contributed by atoms with Crippen molar-refractivity contribution in [3.63, 3.8) is 0 Å². The average molecular weight is 442 g/mol. The molecule has 7 nitrogen and oxygen atoms in total. The number of piperidine rings is 1. The van der Waals surface area contributed by atoms with Crippen LogP contribution in [-0.4, -0.2) is 43.2 Å². The number of para-hydroxylation sites is 1. The molecule has 1 atom stereocenters. The molecule has 2 aliphatic heterocycles. The van der Waals surface area contributed by atoms with Gasteiger partial charge in [0.05, 0.1) is 16.1 Å². The summed E-state index contributed by atoms with van der Waals surface area (Å²) in [5.41, 5.74) is 1.50. The van der Waals surface area contributed by atoms with Crippen LogP contribution in [0.3, 0.4) is 0 Å². The number of amidine groups is 1. The zero-order chi connectivity index (χ0) is 20.7. The number of ether oxygens (including phenoxy) is 1. The first-order valence-electron chi connectivity index (χ1n) is 9.72. The van der Waals surface area contributed by atoms with E-state index < -0.39 is 10.0 Å². The van der Waals surface area contributed by atoms with Crippen LogP contribution in [-0.2, 0) is 26.2 Å². The van der Waals surface area contributed by atoms with Crippen molar-refractivity contribution in [3.8, 4) is 0 Å². The van der Waals surface area contributed by atoms with Crippen molar-refractivity contribution in [1.82, 2.24) is 9.88 Å². The molecular weight excluding hydrogens is 422 g/mol. The van der Waals surface area contributed by atoms with Gasteiger partial charge >= 0.3 is 5.97 Å². The number of hydrogen-bond donors (Lipinski definition) is 0. The molecule has 0 aliphatic carbocycles. The summed E-state index contributed by atoms with van der Waals surface area (Å²) in [7, 11) is -3.68. The molecule has 3 aromatic rings. The topological polar surface area (TPSA) is 88.9 Å². The SMILES string of the molecule is O=C(OCc1nc2ccccc2s1)C1CCCN(C2=NS(=O)(=O)c3ccccc32)C1. The summed E-state index contributed by atoms with van der Waals surface area (Å²) < 4.78 is 35.3. The van der Waals surface area contributed by atoms with E-state index in [0.29, 0.717) is 30.9 Å². The molecular formula is C21H19N3O4S2. The largest absolute Gasteiger partial charge is 0.458 e. The van der Waals surface area contributed by atoms with Crippen LogP contribution in [0.5, 0.6) is 0 Å². The maximum absolute atomic E-state index is 12.7. The number of fused-ring (bicyclic) bond motifs is 2. The second-order valence-corrected chi connectivity index (χ2v) is 10.0. The molecule has 0 spiro atoms. The van der Waals surface area contributed by atoms with E-state index in [1.54, 1.807) is 24.3 Å². The molecule has 2 aromatic carbocycles. The van der Waals surface area contributed by atoms with Gasteiger partial charge in [-0.15, -0.1) is 15.7 Å². The fraction of sp³-hybridized carbons (Fsp3) is 0.286. The third kappa shape index (κ3) is 3.48. The molecule has 0 amide bonds. The monoisotopic (exact) mass is 441 g/mol. The standard InChI is InChI=1S/C21H19N3O4S2/c25-21(28-13-19-22-16-8-2-3-9-17(16)29-19)14-6-5-11-24(12-14)20-15-7-1-4-10-18(15)30(26,27)23-20/h1-4,7-10,14H,5-6,11-13H2. The Balaban J connectivity index is 1.28. The van der Waals surface area contributed by atoms with Gasteiger partial charge < -0.3 is 9.64 Å². The Morgan fingerprint density at radius 1 is 1.17 bits per heavy atom. The van der Waals surface area contributed by atoms with Gasteiger partial charge in [0.1, 0.15) is 16.5 Å². The van der Waals surface area contributed by atoms with E-state index >= 15 is 0 Å². The van der Waals surface area contributed by atoms with Gasteiger partial charge in [-0.05, 0) is 37.1 Å². The highest BCUT2D eigenvalue weighted by Crippen LogP contribution is 2.30. The number of carbonyl (C=O) groups excluding carboxylic acids is 1. The molecule has 1 aromatic heterocycles. The van der Waals surface area contributed by atoms with Gasteiger partial charge in [-0.1, -0.05) is 24.3 Å². The predicted octanol–water partition coefficient (Wildman–Crippen LogP) is 3.20. The lowest BCUT2D eigenvalue weighted by molar-refractivity contribution is -0.151. The number of hydrogen-bond acceptors (Lipinski definition) is 7. The van der Waals surface area contributed by atoms with Crippen molar-refractivity contribution in [2.24, 2.45) is 10.3 Å². The van der Waals surface area contributed by atoms with Crippen molar-refractivity contribution >= 4 is 43.4 Å². The van der Waals surface area contributed by atoms with Crippen LogP contribution in [0.1, 0.15) is 23.4 Å². The fourth-order valence-corrected chi connectivity index (χ4v) is 6.02. The van der Waals surface area contributed by atoms with Gasteiger partial charge in [-0.3, -0.25) is 4.79 Å². The zero-order valence-electron chi connectivity index (χ0n) is 16.0. The van der Waals surface area contributed by atoms with Crippen LogP contribution in [0, 0.1) is 5.92 Å². The first-order chi connectivity index (χ1) is 14.5. The Kier molecular flexibility index (Phi) is 4.79. The molecule has 9 heteroatoms. The number of nitrogens with zero attached hydrogens (tertiary/aromatic N) is 3. The molecule has 30 heavy (non-hydrogen) atoms. The minimum atomic E-state index is -3.68. The van der Waals surface area contributed by atoms with Crippen molar-refractivity contribution in [3.05, 3.63) is 59.1 Å². The highest BCUT2D eigenvalue weighted by Gasteiger charge is 2.35. The average Bonchev–Trinajstić information content (AvgIpc) is 3.30. The summed E-state index contributed by atoms with van der Waals surface area (Å²) >= 11 is 1.51. The number of likely N-dealkylation sites (tertiary alicyclic amines) is 1. The molecule has 1 unspecified atom stereocenters. The fourth-order valence-electron chi connectivity index (χ4n) is 3.91. The van der Waals surface area contributed by atoms with E-state index in [0.717, 1.165) is 21.6 Å². The Morgan fingerprint density at radius 3 is 2.83 bits per heavy atom. The van der Waals surface area contributed by atoms with Crippen LogP contribution in [0.4, 0.5) is 0 Å². The maximum atomic E-state index is 12.7. The van der Waals surface area contributed by atoms with Crippen LogP contribution in [0.2, 0.25) is 0 Å². The predicted molar refractivity (Wildman–Crippen MR) is 114 cm³/mol. The highest BCUT2D eigenvalue weighted by molar-refractivity contribution is 7.90. The zero-order valence-corrected chi connectivity index (χ0v) is 17.7. The van der Waals surface area contributed by atoms with Gasteiger partial charge in [0.15, 0.2) is 5.84 Å². The second kappa shape index (κ2) is 7.48. The van der Waals surface area contributed by atoms with Crippen LogP contribution in [0.15, 0.2) is 57.8 Å². The lowest BCUT2D eigenvalue weighted by Crippen LogP contribution is -2.42. The van der Waals surface area contributed by atoms with Crippen molar-refractivity contribution in [2.75, 3.05) is 13.1 Å². The van der Waals surface area contributed by atoms with E-state index in [-0.39, 0.29) is 23.4 Å². The quantitative estimate of drug-likeness (QED) is 0.580. The van der Waals surface area contributed by atoms with E-state index in [2.05, 4.69) is 9.38 Å². The van der Waals surface area contributed by atoms with E-state index in [1.807, 2.05) is 29.2 Å². The number of esters is 1. The van der Waals surface area contributed by atoms with Gasteiger partial charge in [0.2, 0.25) is 0 Å². The van der Waals surface area contributed by atoms with Gasteiger partial charge in [-0.25, -0.2) is 4.98 Å². The summed E-state index contributed by atoms with van der Waals surface area (Å²) in [6, 6.07) is 14.6. The summed E-state index contributed by atoms with van der Waals surface area (Å²) in [4.78, 5) is 19.3. The van der Waals surface area contributed by atoms with Gasteiger partial charge in [0, 0.05) is 18.7 Å². The van der Waals surface area contributed by atoms with Crippen LogP contribution >= 0.6 is 11.3 Å². The molecule has 154 valence electrons. The highest BCUT2D eigenvalue weighted by atomic mass is 32.2. The van der Waals surface area contributed by atoms with Crippen molar-refractivity contribution in [1.29, 1.82) is 0 Å². The van der Waals surface area contributed by atoms with E-state index in [4.69, 9.17) is 4.74 Å². The molecule has 1 fully saturated rings. The molecule has 0 N–H and O–H groups in total. The number of thiazole rings is 1. The number of carbonyl (C=O) groups is 1. The summed E-state index contributed by atoms with van der Waals surface area (Å²) in [5.74, 6) is -0.186. The van der Waals surface area contributed by atoms with Gasteiger partial charge in [-0.2, -0.15) is 8.42 Å².